The molecule has 214 valence electrons. The molecule has 0 unspecified atom stereocenters. The molecule has 5 atom stereocenters. The number of likely N-dealkylation sites (tertiary alicyclic amines) is 1. The van der Waals surface area contributed by atoms with E-state index in [1.165, 1.54) is 18.2 Å². The Morgan fingerprint density at radius 2 is 1.51 bits per heavy atom. The van der Waals surface area contributed by atoms with Crippen molar-refractivity contribution in [2.24, 2.45) is 17.8 Å². The van der Waals surface area contributed by atoms with Crippen molar-refractivity contribution in [1.82, 2.24) is 4.90 Å². The number of carbonyl (C=O) groups excluding carboxylic acids is 4. The second kappa shape index (κ2) is 9.76. The van der Waals surface area contributed by atoms with Crippen molar-refractivity contribution in [3.05, 3.63) is 69.7 Å². The lowest BCUT2D eigenvalue weighted by Gasteiger charge is -2.34. The SMILES string of the molecule is Cc1cc(OC(=O)[C@H]2CC(=O)N(Cc3ccccc3)C2)ccc1N1C(=O)[C@@H]2[C@H](C1=O)[C@@]1(Cl)C(Cl)=C(Cl)[C@@]2(Cl)C1(Cl)Cl. The van der Waals surface area contributed by atoms with Gasteiger partial charge in [-0.15, -0.1) is 23.2 Å². The number of hydrogen-bond donors (Lipinski definition) is 0. The minimum atomic E-state index is -2.02. The summed E-state index contributed by atoms with van der Waals surface area (Å²) >= 11 is 39.4. The Hall–Kier alpha value is -2.00. The molecule has 2 bridgehead atoms. The fourth-order valence-corrected chi connectivity index (χ4v) is 9.19. The predicted octanol–water partition coefficient (Wildman–Crippen LogP) is 5.90. The quantitative estimate of drug-likeness (QED) is 0.171. The standard InChI is InChI=1S/C28H20Cl6N2O5/c1-13-9-16(41-25(40)15-10-18(37)35(12-15)11-14-5-3-2-4-6-14)7-8-17(13)36-23(38)19-20(24(36)39)27(32)22(30)21(29)26(19,31)28(27,33)34/h2-9,15,19-20H,10-12H2,1H3/t15-,19-,20+,26+,27+/m0/s1. The molecule has 2 heterocycles. The van der Waals surface area contributed by atoms with E-state index in [4.69, 9.17) is 74.3 Å². The van der Waals surface area contributed by atoms with Crippen LogP contribution in [0.2, 0.25) is 0 Å². The van der Waals surface area contributed by atoms with Crippen LogP contribution in [0.1, 0.15) is 17.5 Å². The first-order valence-corrected chi connectivity index (χ1v) is 14.9. The number of fused-ring (bicyclic) bond motifs is 5. The van der Waals surface area contributed by atoms with Gasteiger partial charge < -0.3 is 9.64 Å². The van der Waals surface area contributed by atoms with Crippen LogP contribution in [0, 0.1) is 24.7 Å². The van der Waals surface area contributed by atoms with Crippen molar-refractivity contribution in [2.45, 2.75) is 34.0 Å². The van der Waals surface area contributed by atoms with Gasteiger partial charge >= 0.3 is 5.97 Å². The van der Waals surface area contributed by atoms with E-state index in [-0.39, 0.29) is 40.4 Å². The zero-order valence-corrected chi connectivity index (χ0v) is 25.7. The Morgan fingerprint density at radius 3 is 2.07 bits per heavy atom. The number of imide groups is 1. The summed E-state index contributed by atoms with van der Waals surface area (Å²) < 4.78 is 3.56. The van der Waals surface area contributed by atoms with E-state index >= 15 is 0 Å². The molecule has 4 aliphatic rings. The zero-order valence-electron chi connectivity index (χ0n) is 21.2. The number of esters is 1. The van der Waals surface area contributed by atoms with Crippen molar-refractivity contribution >= 4 is 99.0 Å². The van der Waals surface area contributed by atoms with Crippen LogP contribution in [0.4, 0.5) is 5.69 Å². The summed E-state index contributed by atoms with van der Waals surface area (Å²) in [5.74, 6) is -4.98. The second-order valence-corrected chi connectivity index (χ2v) is 13.9. The first kappa shape index (κ1) is 29.1. The van der Waals surface area contributed by atoms with Crippen molar-refractivity contribution in [1.29, 1.82) is 0 Å². The van der Waals surface area contributed by atoms with Gasteiger partial charge in [-0.3, -0.25) is 19.2 Å². The van der Waals surface area contributed by atoms with Crippen LogP contribution in [0.25, 0.3) is 0 Å². The molecule has 13 heteroatoms. The van der Waals surface area contributed by atoms with Gasteiger partial charge in [0.15, 0.2) is 4.33 Å². The second-order valence-electron chi connectivity index (χ2n) is 10.6. The molecular formula is C28H20Cl6N2O5. The molecule has 2 aromatic rings. The lowest BCUT2D eigenvalue weighted by Crippen LogP contribution is -2.50. The number of carbonyl (C=O) groups is 4. The number of halogens is 6. The molecule has 2 aliphatic carbocycles. The van der Waals surface area contributed by atoms with Gasteiger partial charge in [-0.25, -0.2) is 4.90 Å². The number of amides is 3. The molecule has 2 aromatic carbocycles. The Bertz CT molecular complexity index is 1520. The van der Waals surface area contributed by atoms with Crippen LogP contribution < -0.4 is 9.64 Å². The number of hydrogen-bond acceptors (Lipinski definition) is 5. The highest BCUT2D eigenvalue weighted by molar-refractivity contribution is 6.67. The molecule has 2 aliphatic heterocycles. The van der Waals surface area contributed by atoms with Crippen molar-refractivity contribution in [3.63, 3.8) is 0 Å². The molecule has 0 radical (unpaired) electrons. The van der Waals surface area contributed by atoms with E-state index in [9.17, 15) is 19.2 Å². The summed E-state index contributed by atoms with van der Waals surface area (Å²) in [6.45, 7) is 2.30. The molecular weight excluding hydrogens is 657 g/mol. The molecule has 6 rings (SSSR count). The lowest BCUT2D eigenvalue weighted by atomic mass is 9.84. The Labute approximate surface area is 265 Å². The summed E-state index contributed by atoms with van der Waals surface area (Å²) in [6, 6.07) is 14.0. The lowest BCUT2D eigenvalue weighted by molar-refractivity contribution is -0.139. The average Bonchev–Trinajstić information content (AvgIpc) is 3.50. The van der Waals surface area contributed by atoms with Gasteiger partial charge in [-0.2, -0.15) is 0 Å². The maximum Gasteiger partial charge on any atom is 0.316 e. The molecule has 1 saturated carbocycles. The fourth-order valence-electron chi connectivity index (χ4n) is 6.26. The van der Waals surface area contributed by atoms with E-state index in [0.717, 1.165) is 10.5 Å². The third kappa shape index (κ3) is 3.86. The van der Waals surface area contributed by atoms with Gasteiger partial charge in [0.2, 0.25) is 17.7 Å². The number of allylic oxidation sites excluding steroid dienone is 2. The minimum absolute atomic E-state index is 0.0461. The van der Waals surface area contributed by atoms with Crippen LogP contribution in [0.5, 0.6) is 5.75 Å². The molecule has 3 fully saturated rings. The summed E-state index contributed by atoms with van der Waals surface area (Å²) in [4.78, 5) is 51.5. The Morgan fingerprint density at radius 1 is 0.927 bits per heavy atom. The number of alkyl halides is 4. The number of ether oxygens (including phenoxy) is 1. The van der Waals surface area contributed by atoms with E-state index in [1.807, 2.05) is 30.3 Å². The Balaban J connectivity index is 1.19. The van der Waals surface area contributed by atoms with Gasteiger partial charge in [0.05, 0.1) is 33.5 Å². The number of anilines is 1. The Kier molecular flexibility index (Phi) is 6.93. The average molecular weight is 677 g/mol. The van der Waals surface area contributed by atoms with E-state index in [0.29, 0.717) is 12.1 Å². The summed E-state index contributed by atoms with van der Waals surface area (Å²) in [6.07, 6.45) is 0.0461. The molecule has 41 heavy (non-hydrogen) atoms. The summed E-state index contributed by atoms with van der Waals surface area (Å²) in [7, 11) is 0. The molecule has 0 spiro atoms. The van der Waals surface area contributed by atoms with Crippen LogP contribution in [-0.2, 0) is 25.7 Å². The predicted molar refractivity (Wildman–Crippen MR) is 157 cm³/mol. The van der Waals surface area contributed by atoms with Crippen LogP contribution >= 0.6 is 69.6 Å². The van der Waals surface area contributed by atoms with Gasteiger partial charge in [0.1, 0.15) is 15.5 Å². The van der Waals surface area contributed by atoms with Crippen LogP contribution in [0.15, 0.2) is 58.6 Å². The smallest absolute Gasteiger partial charge is 0.316 e. The normalized spacial score (nSPS) is 31.9. The number of nitrogens with zero attached hydrogens (tertiary/aromatic N) is 2. The van der Waals surface area contributed by atoms with E-state index in [2.05, 4.69) is 0 Å². The highest BCUT2D eigenvalue weighted by Crippen LogP contribution is 2.77. The first-order chi connectivity index (χ1) is 19.2. The zero-order chi connectivity index (χ0) is 29.6. The van der Waals surface area contributed by atoms with E-state index in [1.54, 1.807) is 11.8 Å². The van der Waals surface area contributed by atoms with Gasteiger partial charge in [0, 0.05) is 19.5 Å². The summed E-state index contributed by atoms with van der Waals surface area (Å²) in [5.41, 5.74) is 1.66. The molecule has 2 saturated heterocycles. The van der Waals surface area contributed by atoms with Gasteiger partial charge in [0.25, 0.3) is 0 Å². The molecule has 7 nitrogen and oxygen atoms in total. The highest BCUT2D eigenvalue weighted by atomic mass is 35.5. The van der Waals surface area contributed by atoms with Gasteiger partial charge in [-0.1, -0.05) is 76.7 Å². The van der Waals surface area contributed by atoms with Crippen molar-refractivity contribution < 1.29 is 23.9 Å². The third-order valence-electron chi connectivity index (χ3n) is 8.30. The van der Waals surface area contributed by atoms with Crippen LogP contribution in [0.3, 0.4) is 0 Å². The fraction of sp³-hybridized carbons (Fsp3) is 0.357. The highest BCUT2D eigenvalue weighted by Gasteiger charge is 2.87. The number of aryl methyl sites for hydroxylation is 1. The third-order valence-corrected chi connectivity index (χ3v) is 12.6. The monoisotopic (exact) mass is 674 g/mol. The topological polar surface area (TPSA) is 84.0 Å². The maximum absolute atomic E-state index is 13.7. The number of rotatable bonds is 5. The van der Waals surface area contributed by atoms with Crippen molar-refractivity contribution in [3.8, 4) is 5.75 Å². The first-order valence-electron chi connectivity index (χ1n) is 12.6. The minimum Gasteiger partial charge on any atom is -0.426 e. The van der Waals surface area contributed by atoms with Gasteiger partial charge in [-0.05, 0) is 36.2 Å². The summed E-state index contributed by atoms with van der Waals surface area (Å²) in [5, 5.41) is -0.339. The van der Waals surface area contributed by atoms with Crippen LogP contribution in [-0.4, -0.2) is 49.2 Å². The molecule has 0 N–H and O–H groups in total. The molecule has 3 amide bonds. The number of benzene rings is 2. The maximum atomic E-state index is 13.7. The van der Waals surface area contributed by atoms with E-state index < -0.39 is 49.6 Å². The largest absolute Gasteiger partial charge is 0.426 e. The van der Waals surface area contributed by atoms with Crippen molar-refractivity contribution in [2.75, 3.05) is 11.4 Å². The molecule has 0 aromatic heterocycles.